The lowest BCUT2D eigenvalue weighted by molar-refractivity contribution is -0.130. The van der Waals surface area contributed by atoms with Gasteiger partial charge in [0.05, 0.1) is 11.3 Å². The molecule has 0 aromatic heterocycles. The fraction of sp³-hybridized carbons (Fsp3) is 0.350. The molecule has 2 amide bonds. The summed E-state index contributed by atoms with van der Waals surface area (Å²) in [6, 6.07) is 5.92. The number of fused-ring (bicyclic) bond motifs is 1. The minimum Gasteiger partial charge on any atom is -0.324 e. The van der Waals surface area contributed by atoms with Gasteiger partial charge in [-0.3, -0.25) is 9.59 Å². The summed E-state index contributed by atoms with van der Waals surface area (Å²) >= 11 is 0. The first-order valence-electron chi connectivity index (χ1n) is 9.29. The van der Waals surface area contributed by atoms with E-state index in [4.69, 9.17) is 0 Å². The Morgan fingerprint density at radius 3 is 2.59 bits per heavy atom. The zero-order chi connectivity index (χ0) is 21.2. The standard InChI is InChI=1S/C20H24N4O4S/c1-14(2)13-21-29(27,28)16-9-7-15(8-10-16)22-19(26)20(3)12-18(25)23-17-6-4-5-11-24(17)20/h4-11,14,21H,12-13H2,1-3H3,(H,22,26). The molecule has 0 aliphatic carbocycles. The topological polar surface area (TPSA) is 108 Å². The number of allylic oxidation sites excluding steroid dienone is 2. The Labute approximate surface area is 170 Å². The number of carbonyl (C=O) groups excluding carboxylic acids is 2. The third-order valence-corrected chi connectivity index (χ3v) is 6.14. The number of hydrogen-bond donors (Lipinski definition) is 2. The normalized spacial score (nSPS) is 21.2. The number of amides is 2. The van der Waals surface area contributed by atoms with Crippen LogP contribution in [0.25, 0.3) is 0 Å². The number of sulfonamides is 1. The average Bonchev–Trinajstić information content (AvgIpc) is 2.67. The molecule has 2 aliphatic heterocycles. The van der Waals surface area contributed by atoms with Crippen molar-refractivity contribution >= 4 is 33.4 Å². The molecule has 2 N–H and O–H groups in total. The van der Waals surface area contributed by atoms with Crippen molar-refractivity contribution in [3.8, 4) is 0 Å². The number of rotatable bonds is 6. The van der Waals surface area contributed by atoms with E-state index in [0.717, 1.165) is 0 Å². The molecule has 1 aromatic carbocycles. The van der Waals surface area contributed by atoms with Gasteiger partial charge in [0.1, 0.15) is 11.4 Å². The van der Waals surface area contributed by atoms with E-state index in [0.29, 0.717) is 18.1 Å². The molecule has 0 bridgehead atoms. The summed E-state index contributed by atoms with van der Waals surface area (Å²) in [5.74, 6) is -0.147. The molecule has 3 rings (SSSR count). The second-order valence-electron chi connectivity index (χ2n) is 7.61. The Balaban J connectivity index is 1.76. The Morgan fingerprint density at radius 2 is 1.93 bits per heavy atom. The van der Waals surface area contributed by atoms with Crippen molar-refractivity contribution in [3.63, 3.8) is 0 Å². The highest BCUT2D eigenvalue weighted by atomic mass is 32.2. The lowest BCUT2D eigenvalue weighted by Crippen LogP contribution is -2.58. The van der Waals surface area contributed by atoms with Gasteiger partial charge >= 0.3 is 0 Å². The van der Waals surface area contributed by atoms with Crippen LogP contribution < -0.4 is 10.0 Å². The maximum absolute atomic E-state index is 13.0. The quantitative estimate of drug-likeness (QED) is 0.738. The van der Waals surface area contributed by atoms with Gasteiger partial charge in [-0.25, -0.2) is 13.1 Å². The molecular weight excluding hydrogens is 392 g/mol. The average molecular weight is 417 g/mol. The number of amidine groups is 1. The molecule has 1 aromatic rings. The van der Waals surface area contributed by atoms with Crippen LogP contribution in [0.4, 0.5) is 5.69 Å². The zero-order valence-electron chi connectivity index (χ0n) is 16.5. The molecule has 2 aliphatic rings. The SMILES string of the molecule is CC(C)CNS(=O)(=O)c1ccc(NC(=O)C2(C)CC(=O)N=C3C=CC=CN32)cc1. The highest BCUT2D eigenvalue weighted by Gasteiger charge is 2.45. The van der Waals surface area contributed by atoms with E-state index in [2.05, 4.69) is 15.0 Å². The van der Waals surface area contributed by atoms with Crippen molar-refractivity contribution in [1.29, 1.82) is 0 Å². The highest BCUT2D eigenvalue weighted by molar-refractivity contribution is 7.89. The summed E-state index contributed by atoms with van der Waals surface area (Å²) in [5, 5.41) is 2.77. The van der Waals surface area contributed by atoms with Gasteiger partial charge in [0.25, 0.3) is 11.8 Å². The predicted octanol–water partition coefficient (Wildman–Crippen LogP) is 2.03. The van der Waals surface area contributed by atoms with Crippen LogP contribution in [0.2, 0.25) is 0 Å². The first-order chi connectivity index (χ1) is 13.6. The third kappa shape index (κ3) is 4.46. The molecule has 0 radical (unpaired) electrons. The van der Waals surface area contributed by atoms with Crippen LogP contribution in [0.15, 0.2) is 58.6 Å². The highest BCUT2D eigenvalue weighted by Crippen LogP contribution is 2.29. The Hall–Kier alpha value is -2.78. The molecule has 2 heterocycles. The van der Waals surface area contributed by atoms with E-state index in [1.54, 1.807) is 36.3 Å². The Kier molecular flexibility index (Phi) is 5.72. The molecule has 0 spiro atoms. The van der Waals surface area contributed by atoms with Crippen molar-refractivity contribution in [2.75, 3.05) is 11.9 Å². The summed E-state index contributed by atoms with van der Waals surface area (Å²) in [6.07, 6.45) is 6.84. The summed E-state index contributed by atoms with van der Waals surface area (Å²) in [5.41, 5.74) is -0.703. The number of benzene rings is 1. The van der Waals surface area contributed by atoms with Crippen molar-refractivity contribution in [1.82, 2.24) is 9.62 Å². The molecule has 1 atom stereocenters. The minimum absolute atomic E-state index is 0.0634. The van der Waals surface area contributed by atoms with Gasteiger partial charge in [-0.15, -0.1) is 0 Å². The molecular formula is C20H24N4O4S. The maximum atomic E-state index is 13.0. The van der Waals surface area contributed by atoms with E-state index in [1.807, 2.05) is 13.8 Å². The van der Waals surface area contributed by atoms with E-state index in [9.17, 15) is 18.0 Å². The molecule has 0 saturated carbocycles. The molecule has 8 nitrogen and oxygen atoms in total. The summed E-state index contributed by atoms with van der Waals surface area (Å²) in [6.45, 7) is 5.85. The Morgan fingerprint density at radius 1 is 1.24 bits per heavy atom. The first kappa shape index (κ1) is 20.9. The van der Waals surface area contributed by atoms with E-state index < -0.39 is 15.6 Å². The molecule has 1 unspecified atom stereocenters. The van der Waals surface area contributed by atoms with Gasteiger partial charge < -0.3 is 10.2 Å². The van der Waals surface area contributed by atoms with Gasteiger partial charge in [0.15, 0.2) is 0 Å². The van der Waals surface area contributed by atoms with E-state index in [-0.39, 0.29) is 29.0 Å². The largest absolute Gasteiger partial charge is 0.324 e. The van der Waals surface area contributed by atoms with Gasteiger partial charge in [-0.1, -0.05) is 19.9 Å². The molecule has 29 heavy (non-hydrogen) atoms. The van der Waals surface area contributed by atoms with E-state index in [1.165, 1.54) is 24.3 Å². The lowest BCUT2D eigenvalue weighted by atomic mass is 9.91. The van der Waals surface area contributed by atoms with Crippen molar-refractivity contribution in [3.05, 3.63) is 48.7 Å². The van der Waals surface area contributed by atoms with Crippen LogP contribution >= 0.6 is 0 Å². The predicted molar refractivity (Wildman–Crippen MR) is 111 cm³/mol. The van der Waals surface area contributed by atoms with Gasteiger partial charge in [-0.05, 0) is 49.3 Å². The smallest absolute Gasteiger partial charge is 0.250 e. The summed E-state index contributed by atoms with van der Waals surface area (Å²) < 4.78 is 27.1. The molecule has 154 valence electrons. The van der Waals surface area contributed by atoms with Crippen LogP contribution in [0.1, 0.15) is 27.2 Å². The van der Waals surface area contributed by atoms with Crippen LogP contribution in [0.3, 0.4) is 0 Å². The fourth-order valence-corrected chi connectivity index (χ4v) is 4.24. The van der Waals surface area contributed by atoms with Gasteiger partial charge in [0.2, 0.25) is 10.0 Å². The summed E-state index contributed by atoms with van der Waals surface area (Å²) in [7, 11) is -3.60. The second-order valence-corrected chi connectivity index (χ2v) is 9.38. The molecule has 0 saturated heterocycles. The first-order valence-corrected chi connectivity index (χ1v) is 10.8. The third-order valence-electron chi connectivity index (χ3n) is 4.70. The van der Waals surface area contributed by atoms with Gasteiger partial charge in [-0.2, -0.15) is 4.99 Å². The molecule has 0 fully saturated rings. The monoisotopic (exact) mass is 416 g/mol. The number of hydrogen-bond acceptors (Lipinski definition) is 5. The maximum Gasteiger partial charge on any atom is 0.250 e. The number of nitrogens with zero attached hydrogens (tertiary/aromatic N) is 2. The lowest BCUT2D eigenvalue weighted by Gasteiger charge is -2.41. The number of carbonyl (C=O) groups is 2. The molecule has 9 heteroatoms. The van der Waals surface area contributed by atoms with Gasteiger partial charge in [0, 0.05) is 18.4 Å². The van der Waals surface area contributed by atoms with Crippen LogP contribution in [0.5, 0.6) is 0 Å². The zero-order valence-corrected chi connectivity index (χ0v) is 17.4. The second kappa shape index (κ2) is 7.92. The fourth-order valence-electron chi connectivity index (χ4n) is 3.02. The Bertz CT molecular complexity index is 1010. The number of anilines is 1. The van der Waals surface area contributed by atoms with Crippen LogP contribution in [-0.2, 0) is 19.6 Å². The summed E-state index contributed by atoms with van der Waals surface area (Å²) in [4.78, 5) is 30.8. The van der Waals surface area contributed by atoms with Crippen LogP contribution in [0, 0.1) is 5.92 Å². The van der Waals surface area contributed by atoms with Crippen molar-refractivity contribution in [2.24, 2.45) is 10.9 Å². The number of aliphatic imine (C=N–C) groups is 1. The van der Waals surface area contributed by atoms with E-state index >= 15 is 0 Å². The van der Waals surface area contributed by atoms with Crippen LogP contribution in [-0.4, -0.2) is 43.1 Å². The van der Waals surface area contributed by atoms with Crippen molar-refractivity contribution < 1.29 is 18.0 Å². The number of nitrogens with one attached hydrogen (secondary N) is 2. The minimum atomic E-state index is -3.60. The van der Waals surface area contributed by atoms with Crippen molar-refractivity contribution in [2.45, 2.75) is 37.6 Å².